The van der Waals surface area contributed by atoms with Gasteiger partial charge in [-0.25, -0.2) is 9.59 Å². The van der Waals surface area contributed by atoms with Crippen molar-refractivity contribution in [1.82, 2.24) is 5.32 Å². The van der Waals surface area contributed by atoms with Crippen molar-refractivity contribution < 1.29 is 33.3 Å². The molecule has 0 bridgehead atoms. The van der Waals surface area contributed by atoms with Gasteiger partial charge in [0, 0.05) is 27.8 Å². The minimum Gasteiger partial charge on any atom is -0.506 e. The van der Waals surface area contributed by atoms with Crippen LogP contribution in [0.3, 0.4) is 0 Å². The zero-order chi connectivity index (χ0) is 28.1. The fourth-order valence-electron chi connectivity index (χ4n) is 2.89. The SMILES string of the molecule is C[Si](C)(C)CCOC(=O)N[C@@H](Cc1cc(I)c(Oc2cc(I)c(O)c(I)c2)c(I)c1)C(=O)OP(C)(C)=O. The number of amides is 1. The van der Waals surface area contributed by atoms with Gasteiger partial charge in [-0.1, -0.05) is 19.6 Å². The number of rotatable bonds is 10. The molecule has 2 aromatic carbocycles. The molecule has 37 heavy (non-hydrogen) atoms. The van der Waals surface area contributed by atoms with Crippen LogP contribution in [0.5, 0.6) is 17.2 Å². The fourth-order valence-corrected chi connectivity index (χ4v) is 7.99. The quantitative estimate of drug-likeness (QED) is 0.143. The van der Waals surface area contributed by atoms with Crippen LogP contribution in [-0.4, -0.2) is 51.2 Å². The van der Waals surface area contributed by atoms with E-state index in [1.54, 1.807) is 12.1 Å². The number of hydrogen-bond donors (Lipinski definition) is 2. The average molecular weight is 997 g/mol. The Labute approximate surface area is 272 Å². The largest absolute Gasteiger partial charge is 0.506 e. The summed E-state index contributed by atoms with van der Waals surface area (Å²) in [5.74, 6) is 0.642. The molecule has 0 aliphatic carbocycles. The maximum atomic E-state index is 12.8. The second-order valence-corrected chi connectivity index (χ2v) is 22.7. The molecule has 0 aliphatic rings. The maximum absolute atomic E-state index is 12.8. The van der Waals surface area contributed by atoms with Crippen molar-refractivity contribution in [2.75, 3.05) is 19.9 Å². The first-order valence-corrected chi connectivity index (χ1v) is 21.5. The lowest BCUT2D eigenvalue weighted by atomic mass is 10.1. The number of halogens is 4. The summed E-state index contributed by atoms with van der Waals surface area (Å²) in [6, 6.07) is 6.91. The number of benzene rings is 2. The Hall–Kier alpha value is 0.147. The van der Waals surface area contributed by atoms with Gasteiger partial charge in [-0.05, 0) is 126 Å². The van der Waals surface area contributed by atoms with Gasteiger partial charge in [-0.15, -0.1) is 0 Å². The predicted octanol–water partition coefficient (Wildman–Crippen LogP) is 7.66. The first-order valence-electron chi connectivity index (χ1n) is 11.0. The summed E-state index contributed by atoms with van der Waals surface area (Å²) in [5, 5.41) is 12.6. The van der Waals surface area contributed by atoms with E-state index in [0.29, 0.717) is 18.6 Å². The van der Waals surface area contributed by atoms with Crippen LogP contribution in [0.1, 0.15) is 5.56 Å². The number of alkyl carbamates (subject to hydrolysis) is 1. The van der Waals surface area contributed by atoms with E-state index in [-0.39, 0.29) is 18.8 Å². The standard InChI is InChI=1S/C23H28I4NO7PSi/c1-36(2,32)35-22(30)19(28-23(31)33-6-7-37(3,4)5)10-13-8-17(26)21(18(27)9-13)34-14-11-15(24)20(29)16(25)12-14/h8-9,11-12,19,29H,6-7,10H2,1-5H3,(H,28,31)/t19-/m0/s1. The molecule has 0 aromatic heterocycles. The molecule has 0 radical (unpaired) electrons. The molecular formula is C23H28I4NO7PSi. The number of carbonyl (C=O) groups excluding carboxylic acids is 2. The van der Waals surface area contributed by atoms with Crippen LogP contribution >= 0.6 is 97.7 Å². The molecule has 2 rings (SSSR count). The predicted molar refractivity (Wildman–Crippen MR) is 181 cm³/mol. The Balaban J connectivity index is 2.24. The van der Waals surface area contributed by atoms with Gasteiger partial charge in [0.25, 0.3) is 0 Å². The zero-order valence-corrected chi connectivity index (χ0v) is 31.4. The van der Waals surface area contributed by atoms with Crippen LogP contribution in [0.2, 0.25) is 25.7 Å². The van der Waals surface area contributed by atoms with Crippen molar-refractivity contribution in [1.29, 1.82) is 0 Å². The third-order valence-electron chi connectivity index (χ3n) is 4.68. The lowest BCUT2D eigenvalue weighted by Crippen LogP contribution is -2.43. The highest BCUT2D eigenvalue weighted by molar-refractivity contribution is 14.1. The number of aromatic hydroxyl groups is 1. The van der Waals surface area contributed by atoms with Crippen molar-refractivity contribution in [3.8, 4) is 17.2 Å². The Morgan fingerprint density at radius 2 is 1.54 bits per heavy atom. The Morgan fingerprint density at radius 3 is 2.03 bits per heavy atom. The summed E-state index contributed by atoms with van der Waals surface area (Å²) < 4.78 is 31.6. The Morgan fingerprint density at radius 1 is 1.00 bits per heavy atom. The van der Waals surface area contributed by atoms with Gasteiger partial charge in [0.05, 0.1) is 20.9 Å². The lowest BCUT2D eigenvalue weighted by molar-refractivity contribution is -0.136. The van der Waals surface area contributed by atoms with Crippen LogP contribution in [0.4, 0.5) is 4.79 Å². The molecule has 0 spiro atoms. The summed E-state index contributed by atoms with van der Waals surface area (Å²) >= 11 is 8.39. The third kappa shape index (κ3) is 11.7. The van der Waals surface area contributed by atoms with Crippen molar-refractivity contribution in [2.24, 2.45) is 0 Å². The van der Waals surface area contributed by atoms with Crippen LogP contribution in [0.15, 0.2) is 24.3 Å². The van der Waals surface area contributed by atoms with Gasteiger partial charge in [-0.2, -0.15) is 0 Å². The van der Waals surface area contributed by atoms with Gasteiger partial charge in [0.15, 0.2) is 5.75 Å². The molecule has 0 saturated heterocycles. The van der Waals surface area contributed by atoms with Gasteiger partial charge in [0.2, 0.25) is 7.37 Å². The highest BCUT2D eigenvalue weighted by Gasteiger charge is 2.28. The third-order valence-corrected chi connectivity index (χ3v) is 10.3. The molecule has 1 amide bonds. The highest BCUT2D eigenvalue weighted by atomic mass is 127. The molecule has 0 fully saturated rings. The Bertz CT molecular complexity index is 1170. The molecule has 2 aromatic rings. The van der Waals surface area contributed by atoms with Gasteiger partial charge in [0.1, 0.15) is 17.5 Å². The lowest BCUT2D eigenvalue weighted by Gasteiger charge is -2.21. The summed E-state index contributed by atoms with van der Waals surface area (Å²) in [6.07, 6.45) is -0.605. The van der Waals surface area contributed by atoms with Gasteiger partial charge in [-0.3, -0.25) is 4.57 Å². The van der Waals surface area contributed by atoms with E-state index in [2.05, 4.69) is 70.1 Å². The van der Waals surface area contributed by atoms with E-state index in [1.807, 2.05) is 57.3 Å². The molecule has 1 atom stereocenters. The van der Waals surface area contributed by atoms with Crippen LogP contribution < -0.4 is 10.1 Å². The smallest absolute Gasteiger partial charge is 0.407 e. The second kappa shape index (κ2) is 14.2. The molecule has 0 unspecified atom stereocenters. The van der Waals surface area contributed by atoms with E-state index >= 15 is 0 Å². The summed E-state index contributed by atoms with van der Waals surface area (Å²) in [6.45, 7) is 9.48. The fraction of sp³-hybridized carbons (Fsp3) is 0.391. The number of ether oxygens (including phenoxy) is 2. The number of nitrogens with one attached hydrogen (secondary N) is 1. The maximum Gasteiger partial charge on any atom is 0.407 e. The minimum absolute atomic E-state index is 0.114. The van der Waals surface area contributed by atoms with Crippen LogP contribution in [-0.2, 0) is 25.0 Å². The molecule has 8 nitrogen and oxygen atoms in total. The van der Waals surface area contributed by atoms with E-state index in [1.165, 1.54) is 13.3 Å². The zero-order valence-electron chi connectivity index (χ0n) is 20.9. The summed E-state index contributed by atoms with van der Waals surface area (Å²) in [4.78, 5) is 25.2. The van der Waals surface area contributed by atoms with E-state index in [9.17, 15) is 19.3 Å². The monoisotopic (exact) mass is 997 g/mol. The van der Waals surface area contributed by atoms with Crippen molar-refractivity contribution in [3.63, 3.8) is 0 Å². The first-order chi connectivity index (χ1) is 16.9. The van der Waals surface area contributed by atoms with Crippen LogP contribution in [0.25, 0.3) is 0 Å². The average Bonchev–Trinajstić information content (AvgIpc) is 2.72. The van der Waals surface area contributed by atoms with Gasteiger partial charge >= 0.3 is 12.1 Å². The topological polar surface area (TPSA) is 111 Å². The van der Waals surface area contributed by atoms with E-state index < -0.39 is 33.5 Å². The molecule has 0 heterocycles. The number of phenolic OH excluding ortho intramolecular Hbond substituents is 1. The van der Waals surface area contributed by atoms with Crippen molar-refractivity contribution >= 4 is 118 Å². The minimum atomic E-state index is -3.12. The van der Waals surface area contributed by atoms with E-state index in [0.717, 1.165) is 18.7 Å². The second-order valence-electron chi connectivity index (χ2n) is 9.74. The van der Waals surface area contributed by atoms with E-state index in [4.69, 9.17) is 14.0 Å². The Kier molecular flexibility index (Phi) is 12.8. The molecule has 0 saturated carbocycles. The van der Waals surface area contributed by atoms with Crippen LogP contribution in [0, 0.1) is 14.3 Å². The molecule has 14 heteroatoms. The molecule has 204 valence electrons. The van der Waals surface area contributed by atoms with Crippen molar-refractivity contribution in [3.05, 3.63) is 44.1 Å². The molecular weight excluding hydrogens is 969 g/mol. The first kappa shape index (κ1) is 33.4. The number of hydrogen-bond acceptors (Lipinski definition) is 7. The molecule has 2 N–H and O–H groups in total. The normalized spacial score (nSPS) is 12.6. The van der Waals surface area contributed by atoms with Crippen molar-refractivity contribution in [2.45, 2.75) is 38.1 Å². The van der Waals surface area contributed by atoms with Gasteiger partial charge < -0.3 is 24.4 Å². The number of phenols is 1. The summed E-state index contributed by atoms with van der Waals surface area (Å²) in [5.41, 5.74) is 0.752. The molecule has 0 aliphatic heterocycles. The number of carbonyl (C=O) groups is 2. The highest BCUT2D eigenvalue weighted by Crippen LogP contribution is 2.39. The summed E-state index contributed by atoms with van der Waals surface area (Å²) in [7, 11) is -4.52.